The quantitative estimate of drug-likeness (QED) is 0.835. The Morgan fingerprint density at radius 1 is 1.35 bits per heavy atom. The van der Waals surface area contributed by atoms with Gasteiger partial charge in [0, 0.05) is 0 Å². The van der Waals surface area contributed by atoms with E-state index in [1.54, 1.807) is 12.1 Å². The predicted octanol–water partition coefficient (Wildman–Crippen LogP) is 2.00. The zero-order chi connectivity index (χ0) is 15.3. The second kappa shape index (κ2) is 6.41. The molecule has 0 heterocycles. The van der Waals surface area contributed by atoms with Gasteiger partial charge in [0.25, 0.3) is 0 Å². The number of aliphatic carboxylic acids is 1. The molecule has 0 atom stereocenters. The number of carboxylic acid groups (broad SMARTS) is 1. The summed E-state index contributed by atoms with van der Waals surface area (Å²) in [5.74, 6) is -0.704. The molecule has 5 nitrogen and oxygen atoms in total. The van der Waals surface area contributed by atoms with E-state index in [0.29, 0.717) is 5.75 Å². The summed E-state index contributed by atoms with van der Waals surface area (Å²) in [6.45, 7) is 6.75. The van der Waals surface area contributed by atoms with Crippen LogP contribution in [0.15, 0.2) is 24.3 Å². The lowest BCUT2D eigenvalue weighted by Gasteiger charge is -2.21. The van der Waals surface area contributed by atoms with Gasteiger partial charge in [0.05, 0.1) is 12.5 Å². The van der Waals surface area contributed by atoms with Crippen LogP contribution in [-0.2, 0) is 16.0 Å². The first-order valence-electron chi connectivity index (χ1n) is 6.50. The van der Waals surface area contributed by atoms with Gasteiger partial charge in [-0.05, 0) is 45.4 Å². The number of hydrogen-bond donors (Lipinski definition) is 2. The molecule has 0 aliphatic heterocycles. The largest absolute Gasteiger partial charge is 0.491 e. The summed E-state index contributed by atoms with van der Waals surface area (Å²) >= 11 is 0. The Morgan fingerprint density at radius 2 is 2.00 bits per heavy atom. The van der Waals surface area contributed by atoms with Crippen LogP contribution in [-0.4, -0.2) is 28.6 Å². The zero-order valence-corrected chi connectivity index (χ0v) is 12.3. The van der Waals surface area contributed by atoms with Crippen LogP contribution >= 0.6 is 0 Å². The average molecular weight is 279 g/mol. The third kappa shape index (κ3) is 4.91. The van der Waals surface area contributed by atoms with Crippen molar-refractivity contribution < 1.29 is 19.4 Å². The molecule has 0 saturated heterocycles. The molecule has 0 fully saturated rings. The van der Waals surface area contributed by atoms with Crippen LogP contribution in [0.5, 0.6) is 5.75 Å². The molecule has 0 bridgehead atoms. The molecule has 20 heavy (non-hydrogen) atoms. The molecule has 1 rings (SSSR count). The van der Waals surface area contributed by atoms with Crippen LogP contribution in [0.4, 0.5) is 0 Å². The van der Waals surface area contributed by atoms with Crippen molar-refractivity contribution in [2.75, 3.05) is 0 Å². The SMILES string of the molecule is CC(C)Oc1cccc(CC(=O)NC(C)(C)C(=O)O)c1. The number of rotatable bonds is 6. The minimum Gasteiger partial charge on any atom is -0.491 e. The standard InChI is InChI=1S/C15H21NO4/c1-10(2)20-12-7-5-6-11(8-12)9-13(17)16-15(3,4)14(18)19/h5-8,10H,9H2,1-4H3,(H,16,17)(H,18,19). The van der Waals surface area contributed by atoms with Crippen molar-refractivity contribution in [1.82, 2.24) is 5.32 Å². The summed E-state index contributed by atoms with van der Waals surface area (Å²) in [7, 11) is 0. The normalized spacial score (nSPS) is 11.2. The highest BCUT2D eigenvalue weighted by molar-refractivity contribution is 5.87. The summed E-state index contributed by atoms with van der Waals surface area (Å²) in [6.07, 6.45) is 0.177. The van der Waals surface area contributed by atoms with Crippen molar-refractivity contribution in [2.24, 2.45) is 0 Å². The van der Waals surface area contributed by atoms with Crippen molar-refractivity contribution in [3.8, 4) is 5.75 Å². The van der Waals surface area contributed by atoms with E-state index in [0.717, 1.165) is 5.56 Å². The smallest absolute Gasteiger partial charge is 0.328 e. The molecule has 0 aliphatic carbocycles. The van der Waals surface area contributed by atoms with Crippen molar-refractivity contribution in [3.05, 3.63) is 29.8 Å². The highest BCUT2D eigenvalue weighted by Crippen LogP contribution is 2.15. The van der Waals surface area contributed by atoms with Gasteiger partial charge in [-0.1, -0.05) is 12.1 Å². The maximum absolute atomic E-state index is 11.9. The zero-order valence-electron chi connectivity index (χ0n) is 12.3. The van der Waals surface area contributed by atoms with E-state index in [4.69, 9.17) is 9.84 Å². The fourth-order valence-corrected chi connectivity index (χ4v) is 1.63. The monoisotopic (exact) mass is 279 g/mol. The summed E-state index contributed by atoms with van der Waals surface area (Å²) in [4.78, 5) is 22.8. The number of carbonyl (C=O) groups is 2. The molecule has 0 saturated carbocycles. The molecular weight excluding hydrogens is 258 g/mol. The lowest BCUT2D eigenvalue weighted by atomic mass is 10.0. The number of nitrogens with one attached hydrogen (secondary N) is 1. The molecule has 0 unspecified atom stereocenters. The highest BCUT2D eigenvalue weighted by atomic mass is 16.5. The first-order valence-corrected chi connectivity index (χ1v) is 6.50. The Hall–Kier alpha value is -2.04. The average Bonchev–Trinajstić information content (AvgIpc) is 2.26. The topological polar surface area (TPSA) is 75.6 Å². The molecule has 0 radical (unpaired) electrons. The first kappa shape index (κ1) is 16.0. The van der Waals surface area contributed by atoms with E-state index in [1.807, 2.05) is 26.0 Å². The van der Waals surface area contributed by atoms with Crippen LogP contribution in [0.25, 0.3) is 0 Å². The lowest BCUT2D eigenvalue weighted by Crippen LogP contribution is -2.50. The number of carboxylic acids is 1. The van der Waals surface area contributed by atoms with Gasteiger partial charge >= 0.3 is 5.97 Å². The van der Waals surface area contributed by atoms with E-state index in [2.05, 4.69) is 5.32 Å². The second-order valence-electron chi connectivity index (χ2n) is 5.47. The summed E-state index contributed by atoms with van der Waals surface area (Å²) in [6, 6.07) is 7.22. The maximum Gasteiger partial charge on any atom is 0.328 e. The molecule has 1 amide bonds. The fourth-order valence-electron chi connectivity index (χ4n) is 1.63. The minimum absolute atomic E-state index is 0.0602. The predicted molar refractivity (Wildman–Crippen MR) is 75.8 cm³/mol. The Labute approximate surface area is 118 Å². The van der Waals surface area contributed by atoms with Gasteiger partial charge in [-0.15, -0.1) is 0 Å². The van der Waals surface area contributed by atoms with E-state index in [1.165, 1.54) is 13.8 Å². The number of benzene rings is 1. The van der Waals surface area contributed by atoms with Gasteiger partial charge in [0.15, 0.2) is 0 Å². The van der Waals surface area contributed by atoms with Crippen molar-refractivity contribution in [2.45, 2.75) is 45.8 Å². The van der Waals surface area contributed by atoms with Crippen LogP contribution in [0.2, 0.25) is 0 Å². The van der Waals surface area contributed by atoms with Crippen LogP contribution in [0.1, 0.15) is 33.3 Å². The Kier molecular flexibility index (Phi) is 5.13. The van der Waals surface area contributed by atoms with Crippen molar-refractivity contribution >= 4 is 11.9 Å². The Morgan fingerprint density at radius 3 is 2.55 bits per heavy atom. The number of amides is 1. The molecule has 0 aromatic heterocycles. The lowest BCUT2D eigenvalue weighted by molar-refractivity contribution is -0.145. The molecule has 0 spiro atoms. The number of ether oxygens (including phenoxy) is 1. The molecule has 110 valence electrons. The first-order chi connectivity index (χ1) is 9.20. The van der Waals surface area contributed by atoms with Gasteiger partial charge < -0.3 is 15.2 Å². The van der Waals surface area contributed by atoms with Crippen molar-refractivity contribution in [3.63, 3.8) is 0 Å². The Balaban J connectivity index is 2.69. The third-order valence-electron chi connectivity index (χ3n) is 2.62. The molecule has 1 aromatic rings. The minimum atomic E-state index is -1.27. The van der Waals surface area contributed by atoms with Gasteiger partial charge in [-0.3, -0.25) is 4.79 Å². The van der Waals surface area contributed by atoms with Crippen LogP contribution in [0.3, 0.4) is 0 Å². The third-order valence-corrected chi connectivity index (χ3v) is 2.62. The van der Waals surface area contributed by atoms with E-state index >= 15 is 0 Å². The van der Waals surface area contributed by atoms with Gasteiger partial charge in [0.2, 0.25) is 5.91 Å². The van der Waals surface area contributed by atoms with Crippen molar-refractivity contribution in [1.29, 1.82) is 0 Å². The summed E-state index contributed by atoms with van der Waals surface area (Å²) in [5.41, 5.74) is -0.495. The molecule has 5 heteroatoms. The molecular formula is C15H21NO4. The number of hydrogen-bond acceptors (Lipinski definition) is 3. The molecule has 2 N–H and O–H groups in total. The fraction of sp³-hybridized carbons (Fsp3) is 0.467. The van der Waals surface area contributed by atoms with E-state index in [-0.39, 0.29) is 18.4 Å². The molecule has 1 aromatic carbocycles. The van der Waals surface area contributed by atoms with Crippen LogP contribution in [0, 0.1) is 0 Å². The summed E-state index contributed by atoms with van der Waals surface area (Å²) in [5, 5.41) is 11.4. The van der Waals surface area contributed by atoms with E-state index < -0.39 is 11.5 Å². The van der Waals surface area contributed by atoms with Gasteiger partial charge in [-0.2, -0.15) is 0 Å². The Bertz CT molecular complexity index is 494. The highest BCUT2D eigenvalue weighted by Gasteiger charge is 2.28. The van der Waals surface area contributed by atoms with Gasteiger partial charge in [-0.25, -0.2) is 4.79 Å². The van der Waals surface area contributed by atoms with Gasteiger partial charge in [0.1, 0.15) is 11.3 Å². The second-order valence-corrected chi connectivity index (χ2v) is 5.47. The molecule has 0 aliphatic rings. The summed E-state index contributed by atoms with van der Waals surface area (Å²) < 4.78 is 5.55. The number of carbonyl (C=O) groups excluding carboxylic acids is 1. The van der Waals surface area contributed by atoms with Crippen LogP contribution < -0.4 is 10.1 Å². The maximum atomic E-state index is 11.9. The van der Waals surface area contributed by atoms with E-state index in [9.17, 15) is 9.59 Å².